The summed E-state index contributed by atoms with van der Waals surface area (Å²) in [6, 6.07) is 8.23. The number of benzene rings is 1. The van der Waals surface area contributed by atoms with Crippen LogP contribution < -0.4 is 4.90 Å². The van der Waals surface area contributed by atoms with Crippen LogP contribution >= 0.6 is 11.6 Å². The van der Waals surface area contributed by atoms with Gasteiger partial charge in [-0.1, -0.05) is 23.2 Å². The first-order valence-corrected chi connectivity index (χ1v) is 8.01. The lowest BCUT2D eigenvalue weighted by Gasteiger charge is -2.27. The highest BCUT2D eigenvalue weighted by Crippen LogP contribution is 2.19. The lowest BCUT2D eigenvalue weighted by molar-refractivity contribution is -0.922. The van der Waals surface area contributed by atoms with E-state index in [4.69, 9.17) is 16.1 Å². The lowest BCUT2D eigenvalue weighted by atomic mass is 9.94. The lowest BCUT2D eigenvalue weighted by Crippen LogP contribution is -3.11. The molecule has 1 fully saturated rings. The van der Waals surface area contributed by atoms with Crippen molar-refractivity contribution in [3.63, 3.8) is 0 Å². The summed E-state index contributed by atoms with van der Waals surface area (Å²) >= 11 is 5.89. The van der Waals surface area contributed by atoms with Crippen LogP contribution in [-0.2, 0) is 6.54 Å². The zero-order valence-electron chi connectivity index (χ0n) is 12.3. The molecule has 0 bridgehead atoms. The van der Waals surface area contributed by atoms with Crippen LogP contribution in [0.3, 0.4) is 0 Å². The number of aromatic nitrogens is 2. The van der Waals surface area contributed by atoms with Crippen LogP contribution in [0, 0.1) is 0 Å². The van der Waals surface area contributed by atoms with E-state index in [1.165, 1.54) is 37.0 Å². The summed E-state index contributed by atoms with van der Waals surface area (Å²) in [5.41, 5.74) is 0.935. The van der Waals surface area contributed by atoms with Crippen LogP contribution in [0.5, 0.6) is 0 Å². The smallest absolute Gasteiger partial charge is 0.282 e. The van der Waals surface area contributed by atoms with Crippen LogP contribution in [0.1, 0.15) is 38.0 Å². The quantitative estimate of drug-likeness (QED) is 0.944. The van der Waals surface area contributed by atoms with Gasteiger partial charge in [-0.05, 0) is 49.9 Å². The Labute approximate surface area is 130 Å². The van der Waals surface area contributed by atoms with E-state index in [9.17, 15) is 0 Å². The Morgan fingerprint density at radius 3 is 2.62 bits per heavy atom. The maximum absolute atomic E-state index is 5.89. The monoisotopic (exact) mass is 306 g/mol. The maximum Gasteiger partial charge on any atom is 0.282 e. The van der Waals surface area contributed by atoms with Crippen molar-refractivity contribution < 1.29 is 9.42 Å². The summed E-state index contributed by atoms with van der Waals surface area (Å²) in [6.45, 7) is 0.797. The van der Waals surface area contributed by atoms with Crippen molar-refractivity contribution in [2.75, 3.05) is 7.05 Å². The number of nitrogens with zero attached hydrogens (tertiary/aromatic N) is 2. The highest BCUT2D eigenvalue weighted by molar-refractivity contribution is 6.30. The van der Waals surface area contributed by atoms with E-state index in [-0.39, 0.29) is 0 Å². The van der Waals surface area contributed by atoms with Crippen LogP contribution in [0.4, 0.5) is 0 Å². The third-order valence-electron chi connectivity index (χ3n) is 4.30. The predicted molar refractivity (Wildman–Crippen MR) is 82.2 cm³/mol. The maximum atomic E-state index is 5.89. The summed E-state index contributed by atoms with van der Waals surface area (Å²) in [6.07, 6.45) is 6.70. The zero-order chi connectivity index (χ0) is 14.7. The fourth-order valence-electron chi connectivity index (χ4n) is 3.02. The SMILES string of the molecule is C[NH+](Cc1nc(-c2ccc(Cl)cc2)no1)C1CCCCC1. The van der Waals surface area contributed by atoms with Crippen LogP contribution in [0.2, 0.25) is 5.02 Å². The van der Waals surface area contributed by atoms with Gasteiger partial charge in [-0.2, -0.15) is 4.98 Å². The summed E-state index contributed by atoms with van der Waals surface area (Å²) in [5.74, 6) is 1.35. The standard InChI is InChI=1S/C16H20ClN3O/c1-20(14-5-3-2-4-6-14)11-15-18-16(19-21-15)12-7-9-13(17)10-8-12/h7-10,14H,2-6,11H2,1H3/p+1. The molecule has 21 heavy (non-hydrogen) atoms. The number of nitrogens with one attached hydrogen (secondary N) is 1. The number of halogens is 1. The molecule has 2 aromatic rings. The molecule has 0 radical (unpaired) electrons. The molecule has 1 aliphatic carbocycles. The molecule has 1 heterocycles. The summed E-state index contributed by atoms with van der Waals surface area (Å²) < 4.78 is 5.40. The molecule has 1 aromatic carbocycles. The molecule has 4 nitrogen and oxygen atoms in total. The van der Waals surface area contributed by atoms with Crippen molar-refractivity contribution in [3.05, 3.63) is 35.2 Å². The van der Waals surface area contributed by atoms with Gasteiger partial charge in [-0.15, -0.1) is 0 Å². The third-order valence-corrected chi connectivity index (χ3v) is 4.55. The minimum absolute atomic E-state index is 0.637. The molecule has 1 unspecified atom stereocenters. The van der Waals surface area contributed by atoms with E-state index in [2.05, 4.69) is 17.2 Å². The molecule has 1 saturated carbocycles. The second kappa shape index (κ2) is 6.58. The van der Waals surface area contributed by atoms with Crippen molar-refractivity contribution in [1.29, 1.82) is 0 Å². The zero-order valence-corrected chi connectivity index (χ0v) is 13.1. The van der Waals surface area contributed by atoms with Gasteiger partial charge < -0.3 is 9.42 Å². The average molecular weight is 307 g/mol. The van der Waals surface area contributed by atoms with E-state index in [1.54, 1.807) is 0 Å². The van der Waals surface area contributed by atoms with Crippen molar-refractivity contribution in [2.45, 2.75) is 44.7 Å². The van der Waals surface area contributed by atoms with Gasteiger partial charge >= 0.3 is 0 Å². The molecule has 0 spiro atoms. The molecule has 1 N–H and O–H groups in total. The Morgan fingerprint density at radius 2 is 1.90 bits per heavy atom. The van der Waals surface area contributed by atoms with Gasteiger partial charge in [0.05, 0.1) is 13.1 Å². The molecule has 3 rings (SSSR count). The van der Waals surface area contributed by atoms with E-state index in [1.807, 2.05) is 24.3 Å². The summed E-state index contributed by atoms with van der Waals surface area (Å²) in [4.78, 5) is 5.98. The van der Waals surface area contributed by atoms with E-state index >= 15 is 0 Å². The highest BCUT2D eigenvalue weighted by Gasteiger charge is 2.23. The van der Waals surface area contributed by atoms with Crippen molar-refractivity contribution in [2.24, 2.45) is 0 Å². The average Bonchev–Trinajstić information content (AvgIpc) is 2.97. The van der Waals surface area contributed by atoms with Gasteiger partial charge in [0.25, 0.3) is 5.89 Å². The molecule has 5 heteroatoms. The molecule has 112 valence electrons. The first kappa shape index (κ1) is 14.5. The fourth-order valence-corrected chi connectivity index (χ4v) is 3.15. The minimum atomic E-state index is 0.637. The molecule has 1 aliphatic rings. The van der Waals surface area contributed by atoms with E-state index in [0.29, 0.717) is 16.7 Å². The topological polar surface area (TPSA) is 43.4 Å². The Kier molecular flexibility index (Phi) is 4.56. The fraction of sp³-hybridized carbons (Fsp3) is 0.500. The van der Waals surface area contributed by atoms with Crippen LogP contribution in [0.15, 0.2) is 28.8 Å². The highest BCUT2D eigenvalue weighted by atomic mass is 35.5. The Balaban J connectivity index is 1.65. The molecular formula is C16H21ClN3O+. The van der Waals surface area contributed by atoms with Gasteiger partial charge in [-0.25, -0.2) is 0 Å². The number of hydrogen-bond acceptors (Lipinski definition) is 3. The van der Waals surface area contributed by atoms with Crippen LogP contribution in [-0.4, -0.2) is 23.2 Å². The van der Waals surface area contributed by atoms with Gasteiger partial charge in [0.2, 0.25) is 5.82 Å². The Morgan fingerprint density at radius 1 is 1.19 bits per heavy atom. The number of rotatable bonds is 4. The van der Waals surface area contributed by atoms with E-state index in [0.717, 1.165) is 18.2 Å². The first-order valence-electron chi connectivity index (χ1n) is 7.63. The number of quaternary nitrogens is 1. The summed E-state index contributed by atoms with van der Waals surface area (Å²) in [5, 5.41) is 4.78. The van der Waals surface area contributed by atoms with Crippen molar-refractivity contribution in [3.8, 4) is 11.4 Å². The molecule has 1 atom stereocenters. The van der Waals surface area contributed by atoms with Gasteiger partial charge in [0.1, 0.15) is 0 Å². The molecule has 0 saturated heterocycles. The van der Waals surface area contributed by atoms with Crippen molar-refractivity contribution >= 4 is 11.6 Å². The van der Waals surface area contributed by atoms with Gasteiger partial charge in [0, 0.05) is 10.6 Å². The molecule has 0 amide bonds. The molecular weight excluding hydrogens is 286 g/mol. The Bertz CT molecular complexity index is 575. The second-order valence-corrected chi connectivity index (χ2v) is 6.31. The van der Waals surface area contributed by atoms with E-state index < -0.39 is 0 Å². The molecule has 0 aliphatic heterocycles. The minimum Gasteiger partial charge on any atom is -0.333 e. The van der Waals surface area contributed by atoms with Crippen molar-refractivity contribution in [1.82, 2.24) is 10.1 Å². The van der Waals surface area contributed by atoms with Crippen LogP contribution in [0.25, 0.3) is 11.4 Å². The number of hydrogen-bond donors (Lipinski definition) is 1. The normalized spacial score (nSPS) is 17.8. The molecule has 1 aromatic heterocycles. The second-order valence-electron chi connectivity index (χ2n) is 5.88. The van der Waals surface area contributed by atoms with Gasteiger partial charge in [-0.3, -0.25) is 0 Å². The largest absolute Gasteiger partial charge is 0.333 e. The summed E-state index contributed by atoms with van der Waals surface area (Å²) in [7, 11) is 2.22. The predicted octanol–water partition coefficient (Wildman–Crippen LogP) is 2.74. The van der Waals surface area contributed by atoms with Gasteiger partial charge in [0.15, 0.2) is 6.54 Å². The first-order chi connectivity index (χ1) is 10.2. The Hall–Kier alpha value is -1.39. The third kappa shape index (κ3) is 3.63.